The number of nitrogens with zero attached hydrogens (tertiary/aromatic N) is 1. The number of imide groups is 1. The molecule has 0 spiro atoms. The van der Waals surface area contributed by atoms with Crippen LogP contribution >= 0.6 is 0 Å². The van der Waals surface area contributed by atoms with Crippen molar-refractivity contribution >= 4 is 23.4 Å². The third kappa shape index (κ3) is 3.40. The molecule has 0 radical (unpaired) electrons. The summed E-state index contributed by atoms with van der Waals surface area (Å²) in [7, 11) is 1.58. The summed E-state index contributed by atoms with van der Waals surface area (Å²) in [5.74, 6) is 0.129. The van der Waals surface area contributed by atoms with Gasteiger partial charge in [-0.2, -0.15) is 0 Å². The number of rotatable bonds is 6. The van der Waals surface area contributed by atoms with Crippen molar-refractivity contribution in [2.45, 2.75) is 31.7 Å². The van der Waals surface area contributed by atoms with Gasteiger partial charge in [0.2, 0.25) is 17.7 Å². The predicted octanol–water partition coefficient (Wildman–Crippen LogP) is 3.28. The van der Waals surface area contributed by atoms with Crippen LogP contribution in [0.1, 0.15) is 24.8 Å². The van der Waals surface area contributed by atoms with E-state index in [1.54, 1.807) is 31.4 Å². The van der Waals surface area contributed by atoms with Crippen LogP contribution in [0.15, 0.2) is 54.6 Å². The van der Waals surface area contributed by atoms with Crippen molar-refractivity contribution in [2.24, 2.45) is 23.7 Å². The first-order valence-electron chi connectivity index (χ1n) is 10.9. The number of carbonyl (C=O) groups excluding carboxylic acids is 3. The average Bonchev–Trinajstić information content (AvgIpc) is 3.47. The zero-order chi connectivity index (χ0) is 21.5. The average molecular weight is 418 g/mol. The second-order valence-corrected chi connectivity index (χ2v) is 8.85. The standard InChI is InChI=1S/C25H26N2O4/c1-31-19-11-9-18(10-12-19)26-23(28)20(13-15-5-3-2-4-6-15)27-24(29)21-16-7-8-17(14-16)22(21)25(27)30/h2-6,9-12,16-17,20-22H,7-8,13-14H2,1H3,(H,26,28)/t16-,17-,20-,21+,22+/m0/s1. The Bertz CT molecular complexity index is 976. The van der Waals surface area contributed by atoms with E-state index in [9.17, 15) is 14.4 Å². The first kappa shape index (κ1) is 19.8. The number of nitrogens with one attached hydrogen (secondary N) is 1. The molecule has 2 bridgehead atoms. The van der Waals surface area contributed by atoms with E-state index in [0.717, 1.165) is 24.8 Å². The number of ether oxygens (including phenoxy) is 1. The van der Waals surface area contributed by atoms with Gasteiger partial charge >= 0.3 is 0 Å². The fourth-order valence-corrected chi connectivity index (χ4v) is 5.78. The van der Waals surface area contributed by atoms with Gasteiger partial charge in [0, 0.05) is 12.1 Å². The van der Waals surface area contributed by atoms with Gasteiger partial charge in [0.25, 0.3) is 0 Å². The third-order valence-electron chi connectivity index (χ3n) is 7.21. The van der Waals surface area contributed by atoms with Gasteiger partial charge in [0.15, 0.2) is 0 Å². The van der Waals surface area contributed by atoms with Crippen LogP contribution in [-0.2, 0) is 20.8 Å². The molecule has 1 aliphatic heterocycles. The Hall–Kier alpha value is -3.15. The lowest BCUT2D eigenvalue weighted by atomic mass is 9.81. The predicted molar refractivity (Wildman–Crippen MR) is 115 cm³/mol. The maximum atomic E-state index is 13.4. The summed E-state index contributed by atoms with van der Waals surface area (Å²) in [5.41, 5.74) is 1.52. The Balaban J connectivity index is 1.43. The molecule has 0 unspecified atom stereocenters. The molecule has 2 saturated carbocycles. The minimum atomic E-state index is -0.866. The van der Waals surface area contributed by atoms with E-state index in [4.69, 9.17) is 4.74 Å². The normalized spacial score (nSPS) is 27.3. The van der Waals surface area contributed by atoms with E-state index in [0.29, 0.717) is 29.7 Å². The molecule has 3 amide bonds. The first-order chi connectivity index (χ1) is 15.1. The van der Waals surface area contributed by atoms with Gasteiger partial charge in [-0.05, 0) is 60.9 Å². The molecule has 2 aromatic carbocycles. The summed E-state index contributed by atoms with van der Waals surface area (Å²) >= 11 is 0. The lowest BCUT2D eigenvalue weighted by Gasteiger charge is -2.27. The summed E-state index contributed by atoms with van der Waals surface area (Å²) in [4.78, 5) is 41.4. The van der Waals surface area contributed by atoms with Crippen LogP contribution < -0.4 is 10.1 Å². The van der Waals surface area contributed by atoms with Crippen LogP contribution in [0.5, 0.6) is 5.75 Å². The fraction of sp³-hybridized carbons (Fsp3) is 0.400. The Morgan fingerprint density at radius 2 is 1.61 bits per heavy atom. The minimum Gasteiger partial charge on any atom is -0.497 e. The first-order valence-corrected chi connectivity index (χ1v) is 10.9. The summed E-state index contributed by atoms with van der Waals surface area (Å²) < 4.78 is 5.17. The topological polar surface area (TPSA) is 75.7 Å². The quantitative estimate of drug-likeness (QED) is 0.731. The van der Waals surface area contributed by atoms with Crippen molar-refractivity contribution in [1.29, 1.82) is 0 Å². The second-order valence-electron chi connectivity index (χ2n) is 8.85. The lowest BCUT2D eigenvalue weighted by molar-refractivity contribution is -0.147. The molecule has 6 nitrogen and oxygen atoms in total. The van der Waals surface area contributed by atoms with Crippen molar-refractivity contribution < 1.29 is 19.1 Å². The Labute approximate surface area is 181 Å². The molecular weight excluding hydrogens is 392 g/mol. The Morgan fingerprint density at radius 3 is 2.19 bits per heavy atom. The number of hydrogen-bond acceptors (Lipinski definition) is 4. The van der Waals surface area contributed by atoms with Gasteiger partial charge in [-0.15, -0.1) is 0 Å². The third-order valence-corrected chi connectivity index (χ3v) is 7.21. The number of hydrogen-bond donors (Lipinski definition) is 1. The highest BCUT2D eigenvalue weighted by molar-refractivity contribution is 6.10. The molecule has 1 N–H and O–H groups in total. The smallest absolute Gasteiger partial charge is 0.248 e. The van der Waals surface area contributed by atoms with Gasteiger partial charge in [0.1, 0.15) is 11.8 Å². The minimum absolute atomic E-state index is 0.159. The molecule has 2 aromatic rings. The highest BCUT2D eigenvalue weighted by Gasteiger charge is 2.62. The van der Waals surface area contributed by atoms with Crippen LogP contribution in [-0.4, -0.2) is 35.8 Å². The Kier molecular flexibility index (Phi) is 5.00. The van der Waals surface area contributed by atoms with Gasteiger partial charge in [-0.3, -0.25) is 19.3 Å². The molecule has 6 heteroatoms. The number of likely N-dealkylation sites (tertiary alicyclic amines) is 1. The van der Waals surface area contributed by atoms with E-state index in [1.807, 2.05) is 30.3 Å². The van der Waals surface area contributed by atoms with E-state index < -0.39 is 6.04 Å². The maximum Gasteiger partial charge on any atom is 0.248 e. The maximum absolute atomic E-state index is 13.4. The lowest BCUT2D eigenvalue weighted by Crippen LogP contribution is -2.49. The Morgan fingerprint density at radius 1 is 1.00 bits per heavy atom. The zero-order valence-corrected chi connectivity index (χ0v) is 17.5. The van der Waals surface area contributed by atoms with Gasteiger partial charge < -0.3 is 10.1 Å². The van der Waals surface area contributed by atoms with Crippen molar-refractivity contribution in [1.82, 2.24) is 4.90 Å². The number of amides is 3. The van der Waals surface area contributed by atoms with Gasteiger partial charge in [0.05, 0.1) is 18.9 Å². The molecule has 3 fully saturated rings. The SMILES string of the molecule is COc1ccc(NC(=O)[C@H](Cc2ccccc2)N2C(=O)[C@@H]3[C@H]4CC[C@@H](C4)[C@H]3C2=O)cc1. The molecule has 1 saturated heterocycles. The van der Waals surface area contributed by atoms with Crippen LogP contribution in [0.25, 0.3) is 0 Å². The summed E-state index contributed by atoms with van der Waals surface area (Å²) in [6.45, 7) is 0. The molecule has 3 aliphatic rings. The van der Waals surface area contributed by atoms with E-state index in [1.165, 1.54) is 4.90 Å². The molecule has 2 aliphatic carbocycles. The number of anilines is 1. The van der Waals surface area contributed by atoms with E-state index >= 15 is 0 Å². The van der Waals surface area contributed by atoms with Crippen LogP contribution in [0, 0.1) is 23.7 Å². The van der Waals surface area contributed by atoms with Crippen LogP contribution in [0.2, 0.25) is 0 Å². The molecule has 5 rings (SSSR count). The van der Waals surface area contributed by atoms with E-state index in [-0.39, 0.29) is 29.6 Å². The van der Waals surface area contributed by atoms with Crippen LogP contribution in [0.3, 0.4) is 0 Å². The summed E-state index contributed by atoms with van der Waals surface area (Å²) in [6.07, 6.45) is 3.30. The summed E-state index contributed by atoms with van der Waals surface area (Å²) in [6, 6.07) is 15.7. The van der Waals surface area contributed by atoms with E-state index in [2.05, 4.69) is 5.32 Å². The molecule has 0 aromatic heterocycles. The van der Waals surface area contributed by atoms with Gasteiger partial charge in [-0.25, -0.2) is 0 Å². The summed E-state index contributed by atoms with van der Waals surface area (Å²) in [5, 5.41) is 2.89. The number of benzene rings is 2. The van der Waals surface area contributed by atoms with Crippen molar-refractivity contribution in [3.05, 3.63) is 60.2 Å². The van der Waals surface area contributed by atoms with Gasteiger partial charge in [-0.1, -0.05) is 30.3 Å². The zero-order valence-electron chi connectivity index (χ0n) is 17.5. The monoisotopic (exact) mass is 418 g/mol. The largest absolute Gasteiger partial charge is 0.497 e. The number of fused-ring (bicyclic) bond motifs is 5. The fourth-order valence-electron chi connectivity index (χ4n) is 5.78. The highest BCUT2D eigenvalue weighted by atomic mass is 16.5. The molecule has 1 heterocycles. The van der Waals surface area contributed by atoms with Crippen molar-refractivity contribution in [2.75, 3.05) is 12.4 Å². The van der Waals surface area contributed by atoms with Crippen molar-refractivity contribution in [3.63, 3.8) is 0 Å². The molecular formula is C25H26N2O4. The van der Waals surface area contributed by atoms with Crippen molar-refractivity contribution in [3.8, 4) is 5.75 Å². The molecule has 5 atom stereocenters. The molecule has 31 heavy (non-hydrogen) atoms. The molecule has 160 valence electrons. The number of methoxy groups -OCH3 is 1. The highest BCUT2D eigenvalue weighted by Crippen LogP contribution is 2.56. The number of carbonyl (C=O) groups is 3. The second kappa shape index (κ2) is 7.84. The van der Waals surface area contributed by atoms with Crippen LogP contribution in [0.4, 0.5) is 5.69 Å².